The molecule has 0 aliphatic heterocycles. The minimum absolute atomic E-state index is 0.335. The molecule has 0 aliphatic rings. The van der Waals surface area contributed by atoms with E-state index in [2.05, 4.69) is 4.98 Å². The fraction of sp³-hybridized carbons (Fsp3) is 0.143. The summed E-state index contributed by atoms with van der Waals surface area (Å²) in [6, 6.07) is 7.75. The highest BCUT2D eigenvalue weighted by Crippen LogP contribution is 2.38. The van der Waals surface area contributed by atoms with Crippen molar-refractivity contribution in [3.63, 3.8) is 0 Å². The van der Waals surface area contributed by atoms with Crippen LogP contribution in [-0.4, -0.2) is 18.1 Å². The number of ether oxygens (including phenoxy) is 1. The Labute approximate surface area is 113 Å². The van der Waals surface area contributed by atoms with Crippen molar-refractivity contribution in [2.24, 2.45) is 0 Å². The van der Waals surface area contributed by atoms with Crippen LogP contribution in [0.5, 0.6) is 0 Å². The maximum absolute atomic E-state index is 11.7. The van der Waals surface area contributed by atoms with Crippen molar-refractivity contribution in [3.05, 3.63) is 41.2 Å². The molecule has 0 fully saturated rings. The standard InChI is InChI=1S/C14H11NO3S/c1-8-11(9-5-3-4-6-10(9)18-8)13-12(14(16)17-2)15-7-19-13/h3-7H,1-2H3. The first-order valence-corrected chi connectivity index (χ1v) is 6.60. The van der Waals surface area contributed by atoms with Crippen LogP contribution >= 0.6 is 11.3 Å². The number of hydrogen-bond acceptors (Lipinski definition) is 5. The predicted molar refractivity (Wildman–Crippen MR) is 73.4 cm³/mol. The highest BCUT2D eigenvalue weighted by atomic mass is 32.1. The van der Waals surface area contributed by atoms with Crippen LogP contribution in [0.2, 0.25) is 0 Å². The van der Waals surface area contributed by atoms with Crippen LogP contribution in [0.3, 0.4) is 0 Å². The summed E-state index contributed by atoms with van der Waals surface area (Å²) >= 11 is 1.41. The molecule has 0 spiro atoms. The van der Waals surface area contributed by atoms with Crippen LogP contribution in [0, 0.1) is 6.92 Å². The number of benzene rings is 1. The van der Waals surface area contributed by atoms with Crippen molar-refractivity contribution in [1.29, 1.82) is 0 Å². The number of carbonyl (C=O) groups excluding carboxylic acids is 1. The topological polar surface area (TPSA) is 52.3 Å². The number of esters is 1. The van der Waals surface area contributed by atoms with Crippen LogP contribution in [-0.2, 0) is 4.74 Å². The fourth-order valence-electron chi connectivity index (χ4n) is 2.12. The van der Waals surface area contributed by atoms with Gasteiger partial charge in [0.15, 0.2) is 5.69 Å². The van der Waals surface area contributed by atoms with Crippen LogP contribution in [0.4, 0.5) is 0 Å². The molecule has 0 unspecified atom stereocenters. The Hall–Kier alpha value is -2.14. The van der Waals surface area contributed by atoms with E-state index in [1.165, 1.54) is 18.4 Å². The number of hydrogen-bond donors (Lipinski definition) is 0. The molecule has 1 aromatic carbocycles. The lowest BCUT2D eigenvalue weighted by Crippen LogP contribution is -2.03. The first-order valence-electron chi connectivity index (χ1n) is 5.72. The summed E-state index contributed by atoms with van der Waals surface area (Å²) in [7, 11) is 1.35. The largest absolute Gasteiger partial charge is 0.464 e. The molecule has 3 rings (SSSR count). The van der Waals surface area contributed by atoms with E-state index in [4.69, 9.17) is 9.15 Å². The summed E-state index contributed by atoms with van der Waals surface area (Å²) < 4.78 is 10.5. The molecular formula is C14H11NO3S. The summed E-state index contributed by atoms with van der Waals surface area (Å²) in [6.45, 7) is 1.89. The van der Waals surface area contributed by atoms with E-state index in [1.807, 2.05) is 31.2 Å². The molecule has 0 radical (unpaired) electrons. The normalized spacial score (nSPS) is 10.8. The third kappa shape index (κ3) is 1.82. The first-order chi connectivity index (χ1) is 9.22. The number of thiazole rings is 1. The molecule has 2 aromatic heterocycles. The SMILES string of the molecule is COC(=O)c1ncsc1-c1c(C)oc2ccccc12. The van der Waals surface area contributed by atoms with Gasteiger partial charge in [-0.15, -0.1) is 11.3 Å². The van der Waals surface area contributed by atoms with Crippen molar-refractivity contribution in [3.8, 4) is 10.4 Å². The molecule has 2 heterocycles. The minimum atomic E-state index is -0.430. The van der Waals surface area contributed by atoms with Crippen molar-refractivity contribution in [1.82, 2.24) is 4.98 Å². The summed E-state index contributed by atoms with van der Waals surface area (Å²) in [5.74, 6) is 0.344. The summed E-state index contributed by atoms with van der Waals surface area (Å²) in [4.78, 5) is 16.6. The number of rotatable bonds is 2. The molecule has 19 heavy (non-hydrogen) atoms. The van der Waals surface area contributed by atoms with Crippen LogP contribution in [0.25, 0.3) is 21.4 Å². The number of para-hydroxylation sites is 1. The van der Waals surface area contributed by atoms with Crippen molar-refractivity contribution >= 4 is 28.3 Å². The van der Waals surface area contributed by atoms with Crippen molar-refractivity contribution in [2.75, 3.05) is 7.11 Å². The predicted octanol–water partition coefficient (Wildman–Crippen LogP) is 3.65. The number of carbonyl (C=O) groups is 1. The average molecular weight is 273 g/mol. The van der Waals surface area contributed by atoms with Crippen molar-refractivity contribution < 1.29 is 13.9 Å². The van der Waals surface area contributed by atoms with Gasteiger partial charge in [-0.25, -0.2) is 9.78 Å². The highest BCUT2D eigenvalue weighted by Gasteiger charge is 2.22. The molecule has 3 aromatic rings. The van der Waals surface area contributed by atoms with E-state index in [0.29, 0.717) is 5.69 Å². The number of furan rings is 1. The molecule has 5 heteroatoms. The maximum atomic E-state index is 11.7. The van der Waals surface area contributed by atoms with Gasteiger partial charge in [-0.1, -0.05) is 18.2 Å². The molecule has 4 nitrogen and oxygen atoms in total. The Morgan fingerprint density at radius 1 is 1.37 bits per heavy atom. The fourth-order valence-corrected chi connectivity index (χ4v) is 3.00. The lowest BCUT2D eigenvalue weighted by atomic mass is 10.1. The van der Waals surface area contributed by atoms with E-state index in [-0.39, 0.29) is 0 Å². The Balaban J connectivity index is 2.28. The highest BCUT2D eigenvalue weighted by molar-refractivity contribution is 7.13. The van der Waals surface area contributed by atoms with Gasteiger partial charge < -0.3 is 9.15 Å². The molecule has 0 atom stereocenters. The third-order valence-corrected chi connectivity index (χ3v) is 3.79. The zero-order valence-corrected chi connectivity index (χ0v) is 11.3. The minimum Gasteiger partial charge on any atom is -0.464 e. The maximum Gasteiger partial charge on any atom is 0.358 e. The molecule has 96 valence electrons. The smallest absolute Gasteiger partial charge is 0.358 e. The molecule has 0 bridgehead atoms. The lowest BCUT2D eigenvalue weighted by Gasteiger charge is -2.00. The van der Waals surface area contributed by atoms with Gasteiger partial charge in [0.25, 0.3) is 0 Å². The lowest BCUT2D eigenvalue weighted by molar-refractivity contribution is 0.0596. The summed E-state index contributed by atoms with van der Waals surface area (Å²) in [5, 5.41) is 0.981. The van der Waals surface area contributed by atoms with Gasteiger partial charge in [0.05, 0.1) is 17.5 Å². The Morgan fingerprint density at radius 2 is 2.16 bits per heavy atom. The second kappa shape index (κ2) is 4.51. The van der Waals surface area contributed by atoms with E-state index in [0.717, 1.165) is 27.2 Å². The second-order valence-corrected chi connectivity index (χ2v) is 4.91. The van der Waals surface area contributed by atoms with E-state index < -0.39 is 5.97 Å². The Morgan fingerprint density at radius 3 is 2.95 bits per heavy atom. The number of aromatic nitrogens is 1. The zero-order valence-electron chi connectivity index (χ0n) is 10.5. The molecule has 0 saturated carbocycles. The summed E-state index contributed by atoms with van der Waals surface area (Å²) in [6.07, 6.45) is 0. The van der Waals surface area contributed by atoms with Gasteiger partial charge in [-0.05, 0) is 13.0 Å². The van der Waals surface area contributed by atoms with E-state index >= 15 is 0 Å². The average Bonchev–Trinajstić information content (AvgIpc) is 3.00. The number of aryl methyl sites for hydroxylation is 1. The van der Waals surface area contributed by atoms with E-state index in [1.54, 1.807) is 5.51 Å². The molecule has 0 saturated heterocycles. The number of fused-ring (bicyclic) bond motifs is 1. The van der Waals surface area contributed by atoms with Crippen LogP contribution in [0.15, 0.2) is 34.2 Å². The zero-order chi connectivity index (χ0) is 13.4. The summed E-state index contributed by atoms with van der Waals surface area (Å²) in [5.41, 5.74) is 3.70. The van der Waals surface area contributed by atoms with Gasteiger partial charge >= 0.3 is 5.97 Å². The van der Waals surface area contributed by atoms with Crippen molar-refractivity contribution in [2.45, 2.75) is 6.92 Å². The molecule has 0 N–H and O–H groups in total. The number of methoxy groups -OCH3 is 1. The van der Waals surface area contributed by atoms with Gasteiger partial charge in [0.1, 0.15) is 11.3 Å². The van der Waals surface area contributed by atoms with Gasteiger partial charge in [-0.3, -0.25) is 0 Å². The van der Waals surface area contributed by atoms with Gasteiger partial charge in [0, 0.05) is 10.9 Å². The van der Waals surface area contributed by atoms with Gasteiger partial charge in [-0.2, -0.15) is 0 Å². The quantitative estimate of drug-likeness (QED) is 0.669. The molecule has 0 amide bonds. The number of nitrogens with zero attached hydrogens (tertiary/aromatic N) is 1. The second-order valence-electron chi connectivity index (χ2n) is 4.05. The third-order valence-electron chi connectivity index (χ3n) is 2.94. The van der Waals surface area contributed by atoms with Crippen LogP contribution < -0.4 is 0 Å². The molecule has 0 aliphatic carbocycles. The molecular weight excluding hydrogens is 262 g/mol. The monoisotopic (exact) mass is 273 g/mol. The van der Waals surface area contributed by atoms with E-state index in [9.17, 15) is 4.79 Å². The van der Waals surface area contributed by atoms with Gasteiger partial charge in [0.2, 0.25) is 0 Å². The Bertz CT molecular complexity index is 757. The Kier molecular flexibility index (Phi) is 2.83. The first kappa shape index (κ1) is 11.9. The van der Waals surface area contributed by atoms with Crippen LogP contribution in [0.1, 0.15) is 16.2 Å².